The SMILES string of the molecule is CCS(=O)(=O)c1ccc(O)c(NC(=O)CCC(O)c2ccc(OC)cc2OC)c1. The van der Waals surface area contributed by atoms with Crippen LogP contribution in [0.3, 0.4) is 0 Å². The van der Waals surface area contributed by atoms with E-state index in [-0.39, 0.29) is 34.9 Å². The van der Waals surface area contributed by atoms with E-state index in [9.17, 15) is 23.4 Å². The van der Waals surface area contributed by atoms with E-state index in [1.54, 1.807) is 18.2 Å². The largest absolute Gasteiger partial charge is 0.506 e. The van der Waals surface area contributed by atoms with Gasteiger partial charge in [-0.15, -0.1) is 0 Å². The summed E-state index contributed by atoms with van der Waals surface area (Å²) in [6.45, 7) is 1.51. The van der Waals surface area contributed by atoms with Gasteiger partial charge in [-0.05, 0) is 36.8 Å². The Bertz CT molecular complexity index is 973. The molecule has 0 saturated heterocycles. The lowest BCUT2D eigenvalue weighted by atomic mass is 10.0. The number of methoxy groups -OCH3 is 2. The van der Waals surface area contributed by atoms with Crippen LogP contribution in [0.25, 0.3) is 0 Å². The molecule has 0 radical (unpaired) electrons. The number of rotatable bonds is 9. The molecule has 0 heterocycles. The van der Waals surface area contributed by atoms with E-state index in [1.165, 1.54) is 39.3 Å². The minimum atomic E-state index is -3.48. The Hall–Kier alpha value is -2.78. The highest BCUT2D eigenvalue weighted by atomic mass is 32.2. The number of nitrogens with one attached hydrogen (secondary N) is 1. The number of aliphatic hydroxyl groups excluding tert-OH is 1. The van der Waals surface area contributed by atoms with E-state index >= 15 is 0 Å². The minimum absolute atomic E-state index is 0.000966. The summed E-state index contributed by atoms with van der Waals surface area (Å²) in [7, 11) is -0.486. The smallest absolute Gasteiger partial charge is 0.224 e. The van der Waals surface area contributed by atoms with Gasteiger partial charge in [0, 0.05) is 18.1 Å². The second-order valence-corrected chi connectivity index (χ2v) is 8.57. The number of amides is 1. The van der Waals surface area contributed by atoms with Gasteiger partial charge in [0.25, 0.3) is 0 Å². The lowest BCUT2D eigenvalue weighted by Crippen LogP contribution is -2.14. The molecule has 9 heteroatoms. The van der Waals surface area contributed by atoms with Gasteiger partial charge in [-0.3, -0.25) is 4.79 Å². The van der Waals surface area contributed by atoms with E-state index in [0.29, 0.717) is 17.1 Å². The van der Waals surface area contributed by atoms with Crippen molar-refractivity contribution < 1.29 is 32.9 Å². The van der Waals surface area contributed by atoms with Crippen LogP contribution in [-0.4, -0.2) is 44.5 Å². The summed E-state index contributed by atoms with van der Waals surface area (Å²) in [5.74, 6) is 0.199. The van der Waals surface area contributed by atoms with Gasteiger partial charge < -0.3 is 25.0 Å². The third-order valence-corrected chi connectivity index (χ3v) is 6.16. The van der Waals surface area contributed by atoms with Crippen molar-refractivity contribution in [1.82, 2.24) is 0 Å². The fourth-order valence-electron chi connectivity index (χ4n) is 2.71. The predicted molar refractivity (Wildman–Crippen MR) is 108 cm³/mol. The average Bonchev–Trinajstić information content (AvgIpc) is 2.72. The fraction of sp³-hybridized carbons (Fsp3) is 0.350. The molecule has 1 unspecified atom stereocenters. The summed E-state index contributed by atoms with van der Waals surface area (Å²) in [6, 6.07) is 8.69. The maximum Gasteiger partial charge on any atom is 0.224 e. The number of phenolic OH excluding ortho intramolecular Hbond substituents is 1. The second kappa shape index (κ2) is 9.62. The molecule has 0 aromatic heterocycles. The van der Waals surface area contributed by atoms with Crippen LogP contribution in [-0.2, 0) is 14.6 Å². The monoisotopic (exact) mass is 423 g/mol. The molecule has 2 rings (SSSR count). The van der Waals surface area contributed by atoms with Gasteiger partial charge in [-0.1, -0.05) is 6.92 Å². The summed E-state index contributed by atoms with van der Waals surface area (Å²) in [5, 5.41) is 22.8. The number of carbonyl (C=O) groups is 1. The molecule has 29 heavy (non-hydrogen) atoms. The highest BCUT2D eigenvalue weighted by molar-refractivity contribution is 7.91. The highest BCUT2D eigenvalue weighted by Gasteiger charge is 2.18. The quantitative estimate of drug-likeness (QED) is 0.530. The first-order chi connectivity index (χ1) is 13.7. The summed E-state index contributed by atoms with van der Waals surface area (Å²) in [6.07, 6.45) is -0.912. The van der Waals surface area contributed by atoms with Crippen molar-refractivity contribution >= 4 is 21.4 Å². The van der Waals surface area contributed by atoms with E-state index < -0.39 is 21.8 Å². The van der Waals surface area contributed by atoms with Gasteiger partial charge >= 0.3 is 0 Å². The molecule has 1 atom stereocenters. The summed E-state index contributed by atoms with van der Waals surface area (Å²) in [4.78, 5) is 12.3. The molecule has 8 nitrogen and oxygen atoms in total. The number of phenols is 1. The molecule has 0 aliphatic heterocycles. The Balaban J connectivity index is 2.06. The predicted octanol–water partition coefficient (Wildman–Crippen LogP) is 2.66. The van der Waals surface area contributed by atoms with Gasteiger partial charge in [-0.2, -0.15) is 0 Å². The van der Waals surface area contributed by atoms with Gasteiger partial charge in [0.15, 0.2) is 9.84 Å². The highest BCUT2D eigenvalue weighted by Crippen LogP contribution is 2.32. The van der Waals surface area contributed by atoms with Crippen LogP contribution in [0.5, 0.6) is 17.2 Å². The number of benzene rings is 2. The second-order valence-electron chi connectivity index (χ2n) is 6.29. The Morgan fingerprint density at radius 1 is 1.14 bits per heavy atom. The number of ether oxygens (including phenoxy) is 2. The molecule has 0 aliphatic carbocycles. The first-order valence-electron chi connectivity index (χ1n) is 8.97. The fourth-order valence-corrected chi connectivity index (χ4v) is 3.61. The number of carbonyl (C=O) groups excluding carboxylic acids is 1. The van der Waals surface area contributed by atoms with Crippen molar-refractivity contribution in [3.8, 4) is 17.2 Å². The number of hydrogen-bond acceptors (Lipinski definition) is 7. The van der Waals surface area contributed by atoms with Gasteiger partial charge in [0.1, 0.15) is 17.2 Å². The van der Waals surface area contributed by atoms with Gasteiger partial charge in [-0.25, -0.2) is 8.42 Å². The molecule has 2 aromatic carbocycles. The topological polar surface area (TPSA) is 122 Å². The van der Waals surface area contributed by atoms with Crippen LogP contribution in [0.4, 0.5) is 5.69 Å². The third-order valence-electron chi connectivity index (χ3n) is 4.43. The number of aliphatic hydroxyl groups is 1. The summed E-state index contributed by atoms with van der Waals surface area (Å²) < 4.78 is 34.3. The molecule has 1 amide bonds. The molecule has 2 aromatic rings. The number of aromatic hydroxyl groups is 1. The van der Waals surface area contributed by atoms with Crippen molar-refractivity contribution in [3.05, 3.63) is 42.0 Å². The Morgan fingerprint density at radius 3 is 2.48 bits per heavy atom. The van der Waals surface area contributed by atoms with Crippen molar-refractivity contribution in [2.45, 2.75) is 30.8 Å². The normalized spacial score (nSPS) is 12.3. The van der Waals surface area contributed by atoms with Gasteiger partial charge in [0.05, 0.1) is 36.7 Å². The number of hydrogen-bond donors (Lipinski definition) is 3. The Labute approximate surface area is 170 Å². The molecule has 0 spiro atoms. The molecular weight excluding hydrogens is 398 g/mol. The van der Waals surface area contributed by atoms with E-state index in [2.05, 4.69) is 5.32 Å². The van der Waals surface area contributed by atoms with Crippen LogP contribution in [0.2, 0.25) is 0 Å². The first-order valence-corrected chi connectivity index (χ1v) is 10.6. The maximum absolute atomic E-state index is 12.3. The Morgan fingerprint density at radius 2 is 1.86 bits per heavy atom. The molecule has 158 valence electrons. The van der Waals surface area contributed by atoms with Gasteiger partial charge in [0.2, 0.25) is 5.91 Å². The summed E-state index contributed by atoms with van der Waals surface area (Å²) in [5.41, 5.74) is 0.515. The van der Waals surface area contributed by atoms with Crippen molar-refractivity contribution in [2.75, 3.05) is 25.3 Å². The molecular formula is C20H25NO7S. The molecule has 0 aliphatic rings. The first kappa shape index (κ1) is 22.5. The maximum atomic E-state index is 12.3. The van der Waals surface area contributed by atoms with Crippen molar-refractivity contribution in [3.63, 3.8) is 0 Å². The minimum Gasteiger partial charge on any atom is -0.506 e. The lowest BCUT2D eigenvalue weighted by molar-refractivity contribution is -0.116. The average molecular weight is 423 g/mol. The van der Waals surface area contributed by atoms with Crippen LogP contribution >= 0.6 is 0 Å². The van der Waals surface area contributed by atoms with E-state index in [1.807, 2.05) is 0 Å². The van der Waals surface area contributed by atoms with Crippen LogP contribution in [0.15, 0.2) is 41.3 Å². The zero-order chi connectivity index (χ0) is 21.6. The Kier molecular flexibility index (Phi) is 7.46. The zero-order valence-corrected chi connectivity index (χ0v) is 17.3. The van der Waals surface area contributed by atoms with Crippen LogP contribution < -0.4 is 14.8 Å². The van der Waals surface area contributed by atoms with E-state index in [0.717, 1.165) is 0 Å². The van der Waals surface area contributed by atoms with Crippen molar-refractivity contribution in [2.24, 2.45) is 0 Å². The summed E-state index contributed by atoms with van der Waals surface area (Å²) >= 11 is 0. The van der Waals surface area contributed by atoms with Crippen LogP contribution in [0.1, 0.15) is 31.4 Å². The third kappa shape index (κ3) is 5.61. The number of sulfone groups is 1. The molecule has 0 fully saturated rings. The molecule has 0 bridgehead atoms. The van der Waals surface area contributed by atoms with Crippen LogP contribution in [0, 0.1) is 0 Å². The van der Waals surface area contributed by atoms with E-state index in [4.69, 9.17) is 9.47 Å². The lowest BCUT2D eigenvalue weighted by Gasteiger charge is -2.16. The zero-order valence-electron chi connectivity index (χ0n) is 16.5. The van der Waals surface area contributed by atoms with Crippen molar-refractivity contribution in [1.29, 1.82) is 0 Å². The standard InChI is InChI=1S/C20H25NO7S/c1-4-29(25,26)14-6-8-18(23)16(12-14)21-20(24)10-9-17(22)15-7-5-13(27-2)11-19(15)28-3/h5-8,11-12,17,22-23H,4,9-10H2,1-3H3,(H,21,24). The molecule has 3 N–H and O–H groups in total. The molecule has 0 saturated carbocycles. The number of anilines is 1.